The fraction of sp³-hybridized carbons (Fsp3) is 0.458. The normalized spacial score (nSPS) is 17.7. The molecule has 1 aliphatic rings. The van der Waals surface area contributed by atoms with Crippen molar-refractivity contribution in [2.45, 2.75) is 52.2 Å². The minimum absolute atomic E-state index is 0.0363. The zero-order valence-electron chi connectivity index (χ0n) is 19.1. The molecule has 1 fully saturated rings. The van der Waals surface area contributed by atoms with Crippen molar-refractivity contribution in [2.24, 2.45) is 0 Å². The molecule has 2 aromatic heterocycles. The number of fused-ring (bicyclic) bond motifs is 1. The van der Waals surface area contributed by atoms with E-state index in [9.17, 15) is 8.78 Å². The van der Waals surface area contributed by atoms with E-state index < -0.39 is 5.92 Å². The van der Waals surface area contributed by atoms with Crippen LogP contribution < -0.4 is 10.2 Å². The maximum absolute atomic E-state index is 14.0. The number of pyridine rings is 1. The van der Waals surface area contributed by atoms with Crippen LogP contribution in [0.4, 0.5) is 20.3 Å². The lowest BCUT2D eigenvalue weighted by atomic mass is 9.94. The predicted octanol–water partition coefficient (Wildman–Crippen LogP) is 5.15. The van der Waals surface area contributed by atoms with Crippen molar-refractivity contribution in [3.63, 3.8) is 0 Å². The van der Waals surface area contributed by atoms with E-state index in [1.165, 1.54) is 6.07 Å². The molecule has 32 heavy (non-hydrogen) atoms. The van der Waals surface area contributed by atoms with Crippen molar-refractivity contribution in [3.8, 4) is 0 Å². The molecule has 3 heterocycles. The second-order valence-electron chi connectivity index (χ2n) is 8.59. The van der Waals surface area contributed by atoms with Crippen LogP contribution in [0.3, 0.4) is 0 Å². The van der Waals surface area contributed by atoms with Gasteiger partial charge in [0.15, 0.2) is 5.82 Å². The molecule has 1 N–H and O–H groups in total. The lowest BCUT2D eigenvalue weighted by molar-refractivity contribution is 0.0167. The van der Waals surface area contributed by atoms with Crippen LogP contribution in [-0.2, 0) is 10.7 Å². The number of nitrogens with zero attached hydrogens (tertiary/aromatic N) is 4. The van der Waals surface area contributed by atoms with Gasteiger partial charge in [0.1, 0.15) is 0 Å². The summed E-state index contributed by atoms with van der Waals surface area (Å²) < 4.78 is 33.5. The summed E-state index contributed by atoms with van der Waals surface area (Å²) >= 11 is 0. The minimum atomic E-state index is -2.90. The lowest BCUT2D eigenvalue weighted by Gasteiger charge is -2.22. The molecule has 3 aromatic rings. The Hall–Kier alpha value is -2.87. The molecule has 0 unspecified atom stereocenters. The maximum atomic E-state index is 14.0. The van der Waals surface area contributed by atoms with Crippen LogP contribution in [0.2, 0.25) is 0 Å². The topological polar surface area (TPSA) is 63.2 Å². The van der Waals surface area contributed by atoms with E-state index in [2.05, 4.69) is 31.5 Å². The number of anilines is 2. The first kappa shape index (κ1) is 22.3. The number of ether oxygens (including phenoxy) is 1. The molecule has 0 saturated carbocycles. The summed E-state index contributed by atoms with van der Waals surface area (Å²) in [7, 11) is 1.74. The molecule has 4 rings (SSSR count). The Labute approximate surface area is 187 Å². The quantitative estimate of drug-likeness (QED) is 0.571. The van der Waals surface area contributed by atoms with Crippen molar-refractivity contribution in [1.82, 2.24) is 15.2 Å². The molecular formula is C24H29F2N5O. The fourth-order valence-corrected chi connectivity index (χ4v) is 4.46. The first-order chi connectivity index (χ1) is 15.2. The van der Waals surface area contributed by atoms with Crippen molar-refractivity contribution >= 4 is 22.4 Å². The largest absolute Gasteiger partial charge is 0.380 e. The Morgan fingerprint density at radius 2 is 2.03 bits per heavy atom. The summed E-state index contributed by atoms with van der Waals surface area (Å²) in [6, 6.07) is 6.84. The number of benzene rings is 1. The summed E-state index contributed by atoms with van der Waals surface area (Å²) in [6.45, 7) is 8.20. The molecule has 0 bridgehead atoms. The van der Waals surface area contributed by atoms with E-state index in [-0.39, 0.29) is 17.7 Å². The van der Waals surface area contributed by atoms with E-state index in [4.69, 9.17) is 4.74 Å². The number of hydrogen-bond donors (Lipinski definition) is 1. The van der Waals surface area contributed by atoms with Crippen molar-refractivity contribution in [1.29, 1.82) is 0 Å². The van der Waals surface area contributed by atoms with E-state index in [0.29, 0.717) is 11.4 Å². The van der Waals surface area contributed by atoms with Gasteiger partial charge in [-0.2, -0.15) is 5.10 Å². The minimum Gasteiger partial charge on any atom is -0.380 e. The summed E-state index contributed by atoms with van der Waals surface area (Å²) in [5.41, 5.74) is 3.92. The van der Waals surface area contributed by atoms with Gasteiger partial charge in [0.2, 0.25) is 0 Å². The van der Waals surface area contributed by atoms with Crippen LogP contribution in [-0.4, -0.2) is 41.5 Å². The van der Waals surface area contributed by atoms with Gasteiger partial charge in [-0.25, -0.2) is 8.78 Å². The van der Waals surface area contributed by atoms with Gasteiger partial charge in [-0.05, 0) is 44.4 Å². The number of hydrogen-bond acceptors (Lipinski definition) is 6. The van der Waals surface area contributed by atoms with E-state index in [0.717, 1.165) is 54.3 Å². The van der Waals surface area contributed by atoms with E-state index in [1.54, 1.807) is 20.1 Å². The summed E-state index contributed by atoms with van der Waals surface area (Å²) in [5.74, 6) is -2.31. The Morgan fingerprint density at radius 3 is 2.72 bits per heavy atom. The molecule has 6 nitrogen and oxygen atoms in total. The number of nitrogens with one attached hydrogen (secondary N) is 1. The standard InChI is InChI=1S/C24H29F2N5O/c1-14-19(7-6-8-21(14)24(4,25)26)15(2)28-23-20-11-17(31-10-9-18(13-31)32-5)12-27-22(20)16(3)29-30-23/h6-8,11-12,15,18H,9-10,13H2,1-5H3,(H,28,30)/t15-,18+/m1/s1. The third-order valence-electron chi connectivity index (χ3n) is 6.28. The second-order valence-corrected chi connectivity index (χ2v) is 8.59. The SMILES string of the molecule is CO[C@H]1CCN(c2cnc3c(C)nnc(N[C@H](C)c4cccc(C(C)(F)F)c4C)c3c2)C1. The molecule has 2 atom stereocenters. The van der Waals surface area contributed by atoms with Gasteiger partial charge in [0.05, 0.1) is 35.2 Å². The Kier molecular flexibility index (Phi) is 5.99. The molecule has 170 valence electrons. The van der Waals surface area contributed by atoms with Gasteiger partial charge in [-0.15, -0.1) is 5.10 Å². The van der Waals surface area contributed by atoms with Crippen LogP contribution >= 0.6 is 0 Å². The predicted molar refractivity (Wildman–Crippen MR) is 122 cm³/mol. The first-order valence-electron chi connectivity index (χ1n) is 10.8. The highest BCUT2D eigenvalue weighted by Crippen LogP contribution is 2.35. The monoisotopic (exact) mass is 441 g/mol. The molecule has 0 amide bonds. The third-order valence-corrected chi connectivity index (χ3v) is 6.28. The number of halogens is 2. The van der Waals surface area contributed by atoms with Crippen LogP contribution in [0.5, 0.6) is 0 Å². The Bertz CT molecular complexity index is 1130. The highest BCUT2D eigenvalue weighted by molar-refractivity contribution is 5.92. The summed E-state index contributed by atoms with van der Waals surface area (Å²) in [5, 5.41) is 12.9. The highest BCUT2D eigenvalue weighted by atomic mass is 19.3. The van der Waals surface area contributed by atoms with Crippen LogP contribution in [0.25, 0.3) is 10.9 Å². The molecule has 0 radical (unpaired) electrons. The molecule has 1 saturated heterocycles. The average molecular weight is 442 g/mol. The zero-order chi connectivity index (χ0) is 23.0. The van der Waals surface area contributed by atoms with Gasteiger partial charge in [-0.1, -0.05) is 18.2 Å². The van der Waals surface area contributed by atoms with Crippen molar-refractivity contribution < 1.29 is 13.5 Å². The first-order valence-corrected chi connectivity index (χ1v) is 10.8. The second kappa shape index (κ2) is 8.58. The molecule has 0 aliphatic carbocycles. The number of methoxy groups -OCH3 is 1. The van der Waals surface area contributed by atoms with Crippen LogP contribution in [0, 0.1) is 13.8 Å². The lowest BCUT2D eigenvalue weighted by Crippen LogP contribution is -2.22. The summed E-state index contributed by atoms with van der Waals surface area (Å²) in [6.07, 6.45) is 3.05. The van der Waals surface area contributed by atoms with E-state index >= 15 is 0 Å². The highest BCUT2D eigenvalue weighted by Gasteiger charge is 2.28. The van der Waals surface area contributed by atoms with Crippen LogP contribution in [0.15, 0.2) is 30.5 Å². The molecule has 1 aliphatic heterocycles. The van der Waals surface area contributed by atoms with Gasteiger partial charge < -0.3 is 15.0 Å². The molecule has 0 spiro atoms. The Morgan fingerprint density at radius 1 is 1.25 bits per heavy atom. The van der Waals surface area contributed by atoms with Crippen molar-refractivity contribution in [2.75, 3.05) is 30.4 Å². The van der Waals surface area contributed by atoms with Crippen molar-refractivity contribution in [3.05, 3.63) is 52.8 Å². The van der Waals surface area contributed by atoms with Crippen LogP contribution in [0.1, 0.15) is 48.7 Å². The number of alkyl halides is 2. The smallest absolute Gasteiger partial charge is 0.270 e. The Balaban J connectivity index is 1.69. The van der Waals surface area contributed by atoms with Gasteiger partial charge in [-0.3, -0.25) is 4.98 Å². The molecular weight excluding hydrogens is 412 g/mol. The fourth-order valence-electron chi connectivity index (χ4n) is 4.46. The molecule has 1 aromatic carbocycles. The number of aromatic nitrogens is 3. The summed E-state index contributed by atoms with van der Waals surface area (Å²) in [4.78, 5) is 6.91. The number of rotatable bonds is 6. The van der Waals surface area contributed by atoms with Gasteiger partial charge in [0.25, 0.3) is 5.92 Å². The van der Waals surface area contributed by atoms with Gasteiger partial charge in [0, 0.05) is 38.1 Å². The zero-order valence-corrected chi connectivity index (χ0v) is 19.1. The number of aryl methyl sites for hydroxylation is 1. The third kappa shape index (κ3) is 4.24. The van der Waals surface area contributed by atoms with Gasteiger partial charge >= 0.3 is 0 Å². The van der Waals surface area contributed by atoms with E-state index in [1.807, 2.05) is 26.1 Å². The average Bonchev–Trinajstić information content (AvgIpc) is 3.24. The maximum Gasteiger partial charge on any atom is 0.270 e. The molecule has 8 heteroatoms.